The van der Waals surface area contributed by atoms with E-state index in [1.165, 1.54) is 0 Å². The van der Waals surface area contributed by atoms with Crippen molar-refractivity contribution >= 4 is 24.3 Å². The van der Waals surface area contributed by atoms with Gasteiger partial charge in [-0.3, -0.25) is 4.79 Å². The van der Waals surface area contributed by atoms with Gasteiger partial charge in [-0.15, -0.1) is 12.4 Å². The predicted octanol–water partition coefficient (Wildman–Crippen LogP) is 5.66. The Hall–Kier alpha value is -3.79. The van der Waals surface area contributed by atoms with Gasteiger partial charge in [0.15, 0.2) is 23.0 Å². The topological polar surface area (TPSA) is 95.6 Å². The molecule has 4 rings (SSSR count). The second kappa shape index (κ2) is 17.5. The molecule has 10 heteroatoms. The van der Waals surface area contributed by atoms with Gasteiger partial charge in [0.1, 0.15) is 0 Å². The van der Waals surface area contributed by atoms with Crippen molar-refractivity contribution in [1.29, 1.82) is 0 Å². The minimum absolute atomic E-state index is 0. The summed E-state index contributed by atoms with van der Waals surface area (Å²) in [4.78, 5) is 28.4. The molecule has 3 aromatic carbocycles. The van der Waals surface area contributed by atoms with E-state index in [4.69, 9.17) is 23.7 Å². The molecule has 2 atom stereocenters. The maximum absolute atomic E-state index is 13.9. The van der Waals surface area contributed by atoms with E-state index in [-0.39, 0.29) is 36.3 Å². The zero-order valence-electron chi connectivity index (χ0n) is 25.8. The molecule has 238 valence electrons. The molecule has 44 heavy (non-hydrogen) atoms. The fraction of sp³-hybridized carbons (Fsp3) is 0.412. The van der Waals surface area contributed by atoms with Gasteiger partial charge in [-0.1, -0.05) is 30.3 Å². The summed E-state index contributed by atoms with van der Waals surface area (Å²) in [5.41, 5.74) is 1.01. The summed E-state index contributed by atoms with van der Waals surface area (Å²) in [6.07, 6.45) is 1.49. The number of methoxy groups -OCH3 is 2. The number of esters is 1. The van der Waals surface area contributed by atoms with Gasteiger partial charge in [0.25, 0.3) is 5.91 Å². The van der Waals surface area contributed by atoms with Gasteiger partial charge >= 0.3 is 5.97 Å². The molecule has 0 unspecified atom stereocenters. The molecule has 0 saturated carbocycles. The second-order valence-corrected chi connectivity index (χ2v) is 10.8. The van der Waals surface area contributed by atoms with Gasteiger partial charge in [-0.05, 0) is 62.7 Å². The summed E-state index contributed by atoms with van der Waals surface area (Å²) >= 11 is 0. The number of piperidine rings is 1. The van der Waals surface area contributed by atoms with Crippen LogP contribution >= 0.6 is 12.4 Å². The summed E-state index contributed by atoms with van der Waals surface area (Å²) in [7, 11) is 3.24. The van der Waals surface area contributed by atoms with Crippen molar-refractivity contribution in [1.82, 2.24) is 10.2 Å². The molecule has 1 aliphatic rings. The molecular weight excluding hydrogens is 584 g/mol. The second-order valence-electron chi connectivity index (χ2n) is 10.8. The van der Waals surface area contributed by atoms with Crippen LogP contribution in [0.5, 0.6) is 23.0 Å². The monoisotopic (exact) mass is 626 g/mol. The fourth-order valence-electron chi connectivity index (χ4n) is 5.22. The van der Waals surface area contributed by atoms with Gasteiger partial charge in [0, 0.05) is 56.8 Å². The molecule has 1 amide bonds. The van der Waals surface area contributed by atoms with E-state index in [1.807, 2.05) is 30.9 Å². The molecule has 0 aromatic heterocycles. The van der Waals surface area contributed by atoms with Crippen LogP contribution in [0.15, 0.2) is 72.8 Å². The van der Waals surface area contributed by atoms with Gasteiger partial charge in [0.05, 0.1) is 25.9 Å². The smallest absolute Gasteiger partial charge is 0.343 e. The molecule has 9 nitrogen and oxygen atoms in total. The number of halogens is 1. The minimum atomic E-state index is -0.441. The van der Waals surface area contributed by atoms with Crippen molar-refractivity contribution in [3.63, 3.8) is 0 Å². The summed E-state index contributed by atoms with van der Waals surface area (Å²) in [5, 5.41) is 3.48. The number of carbonyl (C=O) groups excluding carboxylic acids is 2. The zero-order valence-corrected chi connectivity index (χ0v) is 26.6. The zero-order chi connectivity index (χ0) is 30.6. The van der Waals surface area contributed by atoms with Crippen LogP contribution in [0.2, 0.25) is 0 Å². The highest BCUT2D eigenvalue weighted by molar-refractivity contribution is 5.95. The Balaban J connectivity index is 0.00000529. The number of amides is 1. The summed E-state index contributed by atoms with van der Waals surface area (Å²) < 4.78 is 28.3. The van der Waals surface area contributed by atoms with Crippen LogP contribution in [0, 0.1) is 5.92 Å². The van der Waals surface area contributed by atoms with Gasteiger partial charge < -0.3 is 33.9 Å². The highest BCUT2D eigenvalue weighted by Gasteiger charge is 2.32. The van der Waals surface area contributed by atoms with E-state index in [1.54, 1.807) is 74.9 Å². The SMILES string of the molecule is COCCCOc1cc(C(=O)N(C(C)C)[C@H]2CNC[C@@H](COc3ccccc3OC(=O)c3ccccc3)C2)ccc1OC.Cl. The van der Waals surface area contributed by atoms with Crippen LogP contribution in [-0.4, -0.2) is 76.0 Å². The summed E-state index contributed by atoms with van der Waals surface area (Å²) in [5.74, 6) is 1.62. The van der Waals surface area contributed by atoms with Crippen LogP contribution in [0.1, 0.15) is 47.4 Å². The number of rotatable bonds is 14. The van der Waals surface area contributed by atoms with E-state index >= 15 is 0 Å². The molecule has 0 aliphatic carbocycles. The van der Waals surface area contributed by atoms with E-state index in [2.05, 4.69) is 5.32 Å². The molecule has 3 aromatic rings. The van der Waals surface area contributed by atoms with E-state index in [0.717, 1.165) is 19.4 Å². The van der Waals surface area contributed by atoms with Crippen molar-refractivity contribution in [2.45, 2.75) is 38.8 Å². The molecule has 0 bridgehead atoms. The fourth-order valence-corrected chi connectivity index (χ4v) is 5.22. The summed E-state index contributed by atoms with van der Waals surface area (Å²) in [6, 6.07) is 21.3. The summed E-state index contributed by atoms with van der Waals surface area (Å²) in [6.45, 7) is 6.95. The Morgan fingerprint density at radius 1 is 0.841 bits per heavy atom. The third kappa shape index (κ3) is 9.35. The van der Waals surface area contributed by atoms with E-state index < -0.39 is 5.97 Å². The van der Waals surface area contributed by atoms with Gasteiger partial charge in [0.2, 0.25) is 0 Å². The third-order valence-corrected chi connectivity index (χ3v) is 7.30. The molecule has 1 N–H and O–H groups in total. The predicted molar refractivity (Wildman–Crippen MR) is 172 cm³/mol. The molecule has 1 fully saturated rings. The lowest BCUT2D eigenvalue weighted by molar-refractivity contribution is 0.0509. The first kappa shape index (κ1) is 34.7. The molecule has 1 saturated heterocycles. The lowest BCUT2D eigenvalue weighted by Crippen LogP contribution is -2.54. The Morgan fingerprint density at radius 3 is 2.27 bits per heavy atom. The number of para-hydroxylation sites is 2. The molecule has 0 radical (unpaired) electrons. The molecule has 1 heterocycles. The van der Waals surface area contributed by atoms with Crippen LogP contribution in [-0.2, 0) is 4.74 Å². The van der Waals surface area contributed by atoms with Gasteiger partial charge in [-0.25, -0.2) is 4.79 Å². The first-order valence-corrected chi connectivity index (χ1v) is 14.7. The largest absolute Gasteiger partial charge is 0.493 e. The number of hydrogen-bond acceptors (Lipinski definition) is 8. The van der Waals surface area contributed by atoms with Crippen molar-refractivity contribution in [2.24, 2.45) is 5.92 Å². The van der Waals surface area contributed by atoms with Crippen LogP contribution < -0.4 is 24.3 Å². The average molecular weight is 627 g/mol. The van der Waals surface area contributed by atoms with Crippen molar-refractivity contribution in [3.05, 3.63) is 83.9 Å². The van der Waals surface area contributed by atoms with Crippen LogP contribution in [0.3, 0.4) is 0 Å². The van der Waals surface area contributed by atoms with Crippen molar-refractivity contribution in [2.75, 3.05) is 47.1 Å². The third-order valence-electron chi connectivity index (χ3n) is 7.30. The Morgan fingerprint density at radius 2 is 1.57 bits per heavy atom. The number of benzene rings is 3. The number of nitrogens with zero attached hydrogens (tertiary/aromatic N) is 1. The lowest BCUT2D eigenvalue weighted by Gasteiger charge is -2.40. The van der Waals surface area contributed by atoms with E-state index in [9.17, 15) is 9.59 Å². The lowest BCUT2D eigenvalue weighted by atomic mass is 9.94. The highest BCUT2D eigenvalue weighted by Crippen LogP contribution is 2.31. The van der Waals surface area contributed by atoms with Gasteiger partial charge in [-0.2, -0.15) is 0 Å². The minimum Gasteiger partial charge on any atom is -0.493 e. The quantitative estimate of drug-likeness (QED) is 0.139. The maximum Gasteiger partial charge on any atom is 0.343 e. The number of nitrogens with one attached hydrogen (secondary N) is 1. The highest BCUT2D eigenvalue weighted by atomic mass is 35.5. The molecular formula is C34H43ClN2O7. The first-order chi connectivity index (χ1) is 20.9. The molecule has 0 spiro atoms. The average Bonchev–Trinajstić information content (AvgIpc) is 3.03. The van der Waals surface area contributed by atoms with E-state index in [0.29, 0.717) is 60.5 Å². The Labute approximate surface area is 266 Å². The Kier molecular flexibility index (Phi) is 13.8. The maximum atomic E-state index is 13.9. The van der Waals surface area contributed by atoms with Crippen LogP contribution in [0.25, 0.3) is 0 Å². The number of ether oxygens (including phenoxy) is 5. The Bertz CT molecular complexity index is 1340. The van der Waals surface area contributed by atoms with Crippen molar-refractivity contribution in [3.8, 4) is 23.0 Å². The van der Waals surface area contributed by atoms with Crippen molar-refractivity contribution < 1.29 is 33.3 Å². The molecule has 1 aliphatic heterocycles. The standard InChI is InChI=1S/C34H42N2O7.ClH/c1-24(2)36(33(37)27-15-16-29(40-4)32(20-27)41-18-10-17-39-3)28-19-25(21-35-22-28)23-42-30-13-8-9-14-31(30)43-34(38)26-11-6-5-7-12-26;/h5-9,11-16,20,24-25,28,35H,10,17-19,21-23H2,1-4H3;1H/t25-,28+;/m0./s1. The van der Waals surface area contributed by atoms with Crippen LogP contribution in [0.4, 0.5) is 0 Å². The number of hydrogen-bond donors (Lipinski definition) is 1. The number of carbonyl (C=O) groups is 2. The first-order valence-electron chi connectivity index (χ1n) is 14.7. The normalized spacial score (nSPS) is 16.0.